The van der Waals surface area contributed by atoms with Gasteiger partial charge in [0.15, 0.2) is 0 Å². The minimum absolute atomic E-state index is 0.0240. The van der Waals surface area contributed by atoms with Gasteiger partial charge in [0.2, 0.25) is 5.91 Å². The number of hydrogen-bond donors (Lipinski definition) is 3. The molecular weight excluding hydrogens is 376 g/mol. The molecule has 5 nitrogen and oxygen atoms in total. The number of aromatic hydroxyl groups is 1. The van der Waals surface area contributed by atoms with Gasteiger partial charge in [-0.25, -0.2) is 0 Å². The summed E-state index contributed by atoms with van der Waals surface area (Å²) < 4.78 is 0. The number of carbonyl (C=O) groups excluding carboxylic acids is 2. The number of benzene rings is 3. The number of nitrogens with one attached hydrogen (secondary N) is 2. The molecule has 1 unspecified atom stereocenters. The number of anilines is 1. The maximum absolute atomic E-state index is 12.8. The highest BCUT2D eigenvalue weighted by Crippen LogP contribution is 2.27. The molecule has 0 radical (unpaired) electrons. The lowest BCUT2D eigenvalue weighted by Crippen LogP contribution is -2.18. The molecule has 152 valence electrons. The predicted octanol–water partition coefficient (Wildman–Crippen LogP) is 4.38. The van der Waals surface area contributed by atoms with E-state index in [-0.39, 0.29) is 29.2 Å². The van der Waals surface area contributed by atoms with E-state index in [4.69, 9.17) is 0 Å². The van der Waals surface area contributed by atoms with E-state index < -0.39 is 0 Å². The van der Waals surface area contributed by atoms with Crippen molar-refractivity contribution in [1.82, 2.24) is 5.32 Å². The minimum atomic E-state index is -0.360. The second kappa shape index (κ2) is 8.82. The van der Waals surface area contributed by atoms with Gasteiger partial charge in [-0.15, -0.1) is 0 Å². The summed E-state index contributed by atoms with van der Waals surface area (Å²) >= 11 is 0. The van der Waals surface area contributed by atoms with Crippen LogP contribution in [0.2, 0.25) is 0 Å². The first-order chi connectivity index (χ1) is 14.6. The van der Waals surface area contributed by atoms with Crippen LogP contribution in [0.1, 0.15) is 45.9 Å². The van der Waals surface area contributed by atoms with Crippen LogP contribution in [0.5, 0.6) is 5.75 Å². The summed E-state index contributed by atoms with van der Waals surface area (Å²) in [6.45, 7) is 0. The number of aryl methyl sites for hydroxylation is 2. The van der Waals surface area contributed by atoms with Crippen molar-refractivity contribution < 1.29 is 14.7 Å². The Kier molecular flexibility index (Phi) is 5.80. The Morgan fingerprint density at radius 3 is 2.53 bits per heavy atom. The van der Waals surface area contributed by atoms with Gasteiger partial charge in [0.1, 0.15) is 5.75 Å². The average molecular weight is 400 g/mol. The van der Waals surface area contributed by atoms with E-state index in [1.165, 1.54) is 5.56 Å². The molecule has 0 bridgehead atoms. The van der Waals surface area contributed by atoms with Gasteiger partial charge in [0.05, 0.1) is 11.6 Å². The highest BCUT2D eigenvalue weighted by Gasteiger charge is 2.22. The fourth-order valence-corrected chi connectivity index (χ4v) is 3.75. The molecule has 4 rings (SSSR count). The van der Waals surface area contributed by atoms with Crippen LogP contribution in [0.3, 0.4) is 0 Å². The Hall–Kier alpha value is -3.60. The maximum Gasteiger partial charge on any atom is 0.259 e. The van der Waals surface area contributed by atoms with Crippen LogP contribution >= 0.6 is 0 Å². The van der Waals surface area contributed by atoms with Crippen molar-refractivity contribution in [2.24, 2.45) is 0 Å². The van der Waals surface area contributed by atoms with Gasteiger partial charge in [-0.1, -0.05) is 48.5 Å². The van der Waals surface area contributed by atoms with Crippen molar-refractivity contribution in [3.8, 4) is 5.75 Å². The van der Waals surface area contributed by atoms with Crippen LogP contribution in [0.4, 0.5) is 5.69 Å². The number of carbonyl (C=O) groups is 2. The smallest absolute Gasteiger partial charge is 0.259 e. The molecule has 30 heavy (non-hydrogen) atoms. The summed E-state index contributed by atoms with van der Waals surface area (Å²) in [7, 11) is 0. The molecule has 0 saturated carbocycles. The third kappa shape index (κ3) is 4.69. The molecule has 1 fully saturated rings. The monoisotopic (exact) mass is 400 g/mol. The Morgan fingerprint density at radius 1 is 0.967 bits per heavy atom. The summed E-state index contributed by atoms with van der Waals surface area (Å²) in [4.78, 5) is 24.3. The molecule has 1 atom stereocenters. The van der Waals surface area contributed by atoms with E-state index in [1.807, 2.05) is 42.5 Å². The molecule has 3 N–H and O–H groups in total. The van der Waals surface area contributed by atoms with Crippen LogP contribution in [0.25, 0.3) is 0 Å². The molecular formula is C25H24N2O3. The van der Waals surface area contributed by atoms with Crippen LogP contribution in [-0.4, -0.2) is 16.9 Å². The molecule has 1 heterocycles. The van der Waals surface area contributed by atoms with Gasteiger partial charge in [-0.2, -0.15) is 0 Å². The quantitative estimate of drug-likeness (QED) is 0.575. The predicted molar refractivity (Wildman–Crippen MR) is 116 cm³/mol. The molecule has 5 heteroatoms. The Morgan fingerprint density at radius 2 is 1.77 bits per heavy atom. The average Bonchev–Trinajstić information content (AvgIpc) is 3.20. The van der Waals surface area contributed by atoms with Gasteiger partial charge >= 0.3 is 0 Å². The van der Waals surface area contributed by atoms with E-state index in [0.29, 0.717) is 12.1 Å². The number of amides is 2. The highest BCUT2D eigenvalue weighted by molar-refractivity contribution is 6.06. The summed E-state index contributed by atoms with van der Waals surface area (Å²) in [5.41, 5.74) is 4.06. The molecule has 1 aliphatic rings. The van der Waals surface area contributed by atoms with Crippen LogP contribution in [-0.2, 0) is 17.6 Å². The molecule has 2 amide bonds. The van der Waals surface area contributed by atoms with Gasteiger partial charge in [-0.05, 0) is 60.2 Å². The Balaban J connectivity index is 1.46. The van der Waals surface area contributed by atoms with Gasteiger partial charge in [0.25, 0.3) is 5.91 Å². The fourth-order valence-electron chi connectivity index (χ4n) is 3.75. The number of phenolic OH excluding ortho intramolecular Hbond substituents is 1. The van der Waals surface area contributed by atoms with E-state index in [9.17, 15) is 14.7 Å². The molecule has 0 aromatic heterocycles. The summed E-state index contributed by atoms with van der Waals surface area (Å²) in [5, 5.41) is 16.0. The van der Waals surface area contributed by atoms with Crippen LogP contribution < -0.4 is 10.6 Å². The van der Waals surface area contributed by atoms with E-state index in [2.05, 4.69) is 22.8 Å². The Bertz CT molecular complexity index is 1060. The topological polar surface area (TPSA) is 78.4 Å². The number of rotatable bonds is 6. The van der Waals surface area contributed by atoms with E-state index >= 15 is 0 Å². The van der Waals surface area contributed by atoms with Crippen molar-refractivity contribution in [2.75, 3.05) is 5.32 Å². The van der Waals surface area contributed by atoms with Gasteiger partial charge in [0, 0.05) is 12.1 Å². The van der Waals surface area contributed by atoms with Gasteiger partial charge < -0.3 is 15.7 Å². The molecule has 3 aromatic rings. The summed E-state index contributed by atoms with van der Waals surface area (Å²) in [6.07, 6.45) is 2.91. The first-order valence-corrected chi connectivity index (χ1v) is 10.1. The maximum atomic E-state index is 12.8. The Labute approximate surface area is 175 Å². The molecule has 0 aliphatic carbocycles. The normalized spacial score (nSPS) is 15.6. The number of phenols is 1. The zero-order valence-electron chi connectivity index (χ0n) is 16.6. The first kappa shape index (κ1) is 19.7. The third-order valence-electron chi connectivity index (χ3n) is 5.39. The van der Waals surface area contributed by atoms with Crippen molar-refractivity contribution >= 4 is 17.5 Å². The third-order valence-corrected chi connectivity index (χ3v) is 5.39. The summed E-state index contributed by atoms with van der Waals surface area (Å²) in [6, 6.07) is 22.8. The zero-order chi connectivity index (χ0) is 20.9. The van der Waals surface area contributed by atoms with Crippen LogP contribution in [0.15, 0.2) is 72.8 Å². The van der Waals surface area contributed by atoms with E-state index in [1.54, 1.807) is 18.2 Å². The first-order valence-electron chi connectivity index (χ1n) is 10.1. The lowest BCUT2D eigenvalue weighted by Gasteiger charge is -2.13. The van der Waals surface area contributed by atoms with Crippen molar-refractivity contribution in [3.63, 3.8) is 0 Å². The molecule has 1 saturated heterocycles. The lowest BCUT2D eigenvalue weighted by atomic mass is 10.0. The molecule has 3 aromatic carbocycles. The molecule has 0 spiro atoms. The van der Waals surface area contributed by atoms with Crippen molar-refractivity contribution in [2.45, 2.75) is 31.7 Å². The molecule has 1 aliphatic heterocycles. The lowest BCUT2D eigenvalue weighted by molar-refractivity contribution is -0.119. The fraction of sp³-hybridized carbons (Fsp3) is 0.200. The SMILES string of the molecule is O=C1CCC(c2cccc(NC(=O)c3cc(CCc4ccccc4)ccc3O)c2)N1. The minimum Gasteiger partial charge on any atom is -0.507 e. The standard InChI is InChI=1S/C25H24N2O3/c28-23-13-11-18(10-9-17-5-2-1-3-6-17)15-21(23)25(30)26-20-8-4-7-19(16-20)22-12-14-24(29)27-22/h1-8,11,13,15-16,22,28H,9-10,12,14H2,(H,26,30)(H,27,29). The second-order valence-electron chi connectivity index (χ2n) is 7.58. The summed E-state index contributed by atoms with van der Waals surface area (Å²) in [5.74, 6) is -0.358. The number of hydrogen-bond acceptors (Lipinski definition) is 3. The largest absolute Gasteiger partial charge is 0.507 e. The van der Waals surface area contributed by atoms with Crippen LogP contribution in [0, 0.1) is 0 Å². The second-order valence-corrected chi connectivity index (χ2v) is 7.58. The zero-order valence-corrected chi connectivity index (χ0v) is 16.6. The van der Waals surface area contributed by atoms with Gasteiger partial charge in [-0.3, -0.25) is 9.59 Å². The van der Waals surface area contributed by atoms with Crippen molar-refractivity contribution in [1.29, 1.82) is 0 Å². The highest BCUT2D eigenvalue weighted by atomic mass is 16.3. The van der Waals surface area contributed by atoms with E-state index in [0.717, 1.165) is 30.4 Å². The van der Waals surface area contributed by atoms with Crippen molar-refractivity contribution in [3.05, 3.63) is 95.1 Å².